The number of nitrogens with zero attached hydrogens (tertiary/aromatic N) is 1. The number of carbonyl (C=O) groups excluding carboxylic acids is 2. The minimum atomic E-state index is -1.56. The molecule has 0 aromatic heterocycles. The zero-order valence-corrected chi connectivity index (χ0v) is 5.17. The summed E-state index contributed by atoms with van der Waals surface area (Å²) in [5.41, 5.74) is 0. The molecule has 0 radical (unpaired) electrons. The minimum absolute atomic E-state index is 0. The van der Waals surface area contributed by atoms with Crippen molar-refractivity contribution in [1.29, 1.82) is 0 Å². The summed E-state index contributed by atoms with van der Waals surface area (Å²) < 4.78 is 0. The fourth-order valence-corrected chi connectivity index (χ4v) is 0.165. The maximum Gasteiger partial charge on any atom is 2.00 e. The number of hydrogen-bond acceptors (Lipinski definition) is 4. The van der Waals surface area contributed by atoms with Crippen molar-refractivity contribution in [2.24, 2.45) is 0 Å². The molecular formula is C3H3NNiO4. The molecule has 6 heteroatoms. The van der Waals surface area contributed by atoms with Crippen LogP contribution in [0.3, 0.4) is 0 Å². The summed E-state index contributed by atoms with van der Waals surface area (Å²) in [5.74, 6) is -1.56. The Morgan fingerprint density at radius 3 is 2.22 bits per heavy atom. The molecule has 9 heavy (non-hydrogen) atoms. The van der Waals surface area contributed by atoms with Crippen LogP contribution < -0.4 is 5.11 Å². The van der Waals surface area contributed by atoms with Crippen molar-refractivity contribution in [3.8, 4) is 0 Å². The van der Waals surface area contributed by atoms with Gasteiger partial charge >= 0.3 is 16.5 Å². The standard InChI is InChI=1S/C3H4NO4.Ni/c5-2-4(8)1-3(6)7;/h2H,1H2,(H,6,7);/q-1;+2/p-1. The van der Waals surface area contributed by atoms with Crippen LogP contribution in [0.1, 0.15) is 0 Å². The van der Waals surface area contributed by atoms with Gasteiger partial charge in [0, 0.05) is 6.54 Å². The Kier molecular flexibility index (Phi) is 6.90. The Bertz CT molecular complexity index is 106. The Hall–Kier alpha value is -0.606. The van der Waals surface area contributed by atoms with Crippen molar-refractivity contribution >= 4 is 12.4 Å². The Morgan fingerprint density at radius 1 is 1.67 bits per heavy atom. The first-order valence-electron chi connectivity index (χ1n) is 1.75. The van der Waals surface area contributed by atoms with Crippen LogP contribution >= 0.6 is 0 Å². The predicted molar refractivity (Wildman–Crippen MR) is 21.1 cm³/mol. The summed E-state index contributed by atoms with van der Waals surface area (Å²) in [6, 6.07) is 0. The van der Waals surface area contributed by atoms with Gasteiger partial charge in [-0.25, -0.2) is 0 Å². The van der Waals surface area contributed by atoms with E-state index < -0.39 is 12.5 Å². The third-order valence-corrected chi connectivity index (χ3v) is 0.403. The van der Waals surface area contributed by atoms with E-state index >= 15 is 0 Å². The van der Waals surface area contributed by atoms with E-state index in [1.54, 1.807) is 0 Å². The van der Waals surface area contributed by atoms with Gasteiger partial charge in [0.05, 0.1) is 5.97 Å². The molecule has 0 heterocycles. The van der Waals surface area contributed by atoms with E-state index in [1.807, 2.05) is 0 Å². The van der Waals surface area contributed by atoms with Crippen LogP contribution in [0.4, 0.5) is 0 Å². The summed E-state index contributed by atoms with van der Waals surface area (Å²) in [6.07, 6.45) is -0.129. The molecular weight excluding hydrogens is 173 g/mol. The van der Waals surface area contributed by atoms with Crippen molar-refractivity contribution in [3.05, 3.63) is 5.21 Å². The van der Waals surface area contributed by atoms with Crippen LogP contribution in [0.25, 0.3) is 0 Å². The summed E-state index contributed by atoms with van der Waals surface area (Å²) in [6.45, 7) is -0.899. The average molecular weight is 176 g/mol. The van der Waals surface area contributed by atoms with Crippen LogP contribution in [0.5, 0.6) is 0 Å². The number of amides is 1. The normalized spacial score (nSPS) is 7.22. The smallest absolute Gasteiger partial charge is 0.756 e. The first-order valence-corrected chi connectivity index (χ1v) is 1.75. The molecule has 0 unspecified atom stereocenters. The van der Waals surface area contributed by atoms with Gasteiger partial charge in [-0.15, -0.1) is 0 Å². The van der Waals surface area contributed by atoms with Crippen LogP contribution in [0.2, 0.25) is 0 Å². The van der Waals surface area contributed by atoms with E-state index in [-0.39, 0.29) is 28.0 Å². The molecule has 0 bridgehead atoms. The minimum Gasteiger partial charge on any atom is -0.756 e. The van der Waals surface area contributed by atoms with E-state index in [0.717, 1.165) is 0 Å². The molecule has 0 aromatic carbocycles. The first kappa shape index (κ1) is 11.2. The number of carboxylic acid groups (broad SMARTS) is 1. The second-order valence-corrected chi connectivity index (χ2v) is 1.05. The van der Waals surface area contributed by atoms with E-state index in [1.165, 1.54) is 0 Å². The Labute approximate surface area is 61.1 Å². The summed E-state index contributed by atoms with van der Waals surface area (Å²) in [4.78, 5) is 18.8. The molecule has 0 aliphatic carbocycles. The van der Waals surface area contributed by atoms with Gasteiger partial charge in [-0.1, -0.05) is 0 Å². The molecule has 0 saturated heterocycles. The molecule has 0 aromatic rings. The fraction of sp³-hybridized carbons (Fsp3) is 0.333. The van der Waals surface area contributed by atoms with Gasteiger partial charge in [0.1, 0.15) is 0 Å². The van der Waals surface area contributed by atoms with Crippen LogP contribution in [0, 0.1) is 5.21 Å². The Balaban J connectivity index is 0. The van der Waals surface area contributed by atoms with Gasteiger partial charge in [0.2, 0.25) is 0 Å². The van der Waals surface area contributed by atoms with Gasteiger partial charge in [-0.3, -0.25) is 4.79 Å². The van der Waals surface area contributed by atoms with E-state index in [9.17, 15) is 19.9 Å². The number of carboxylic acids is 1. The molecule has 0 fully saturated rings. The van der Waals surface area contributed by atoms with Crippen molar-refractivity contribution < 1.29 is 31.2 Å². The number of rotatable bonds is 3. The molecule has 54 valence electrons. The number of hydroxylamine groups is 2. The quantitative estimate of drug-likeness (QED) is 0.274. The van der Waals surface area contributed by atoms with Gasteiger partial charge in [0.25, 0.3) is 0 Å². The van der Waals surface area contributed by atoms with Crippen LogP contribution in [-0.2, 0) is 26.1 Å². The molecule has 0 atom stereocenters. The third-order valence-electron chi connectivity index (χ3n) is 0.403. The summed E-state index contributed by atoms with van der Waals surface area (Å²) in [5, 5.41) is 18.9. The molecule has 0 aliphatic rings. The average Bonchev–Trinajstić information content (AvgIpc) is 1.65. The van der Waals surface area contributed by atoms with Crippen molar-refractivity contribution in [2.45, 2.75) is 0 Å². The number of carbonyl (C=O) groups is 2. The largest absolute Gasteiger partial charge is 2.00 e. The Morgan fingerprint density at radius 2 is 2.11 bits per heavy atom. The second-order valence-electron chi connectivity index (χ2n) is 1.05. The fourth-order valence-electron chi connectivity index (χ4n) is 0.165. The molecule has 0 N–H and O–H groups in total. The van der Waals surface area contributed by atoms with Crippen LogP contribution in [0.15, 0.2) is 0 Å². The zero-order valence-electron chi connectivity index (χ0n) is 4.18. The van der Waals surface area contributed by atoms with Gasteiger partial charge in [-0.2, -0.15) is 0 Å². The van der Waals surface area contributed by atoms with Crippen molar-refractivity contribution in [3.63, 3.8) is 0 Å². The van der Waals surface area contributed by atoms with E-state index in [2.05, 4.69) is 0 Å². The second kappa shape index (κ2) is 5.53. The van der Waals surface area contributed by atoms with E-state index in [4.69, 9.17) is 0 Å². The first-order chi connectivity index (χ1) is 3.66. The molecule has 0 saturated carbocycles. The molecule has 0 spiro atoms. The summed E-state index contributed by atoms with van der Waals surface area (Å²) >= 11 is 0. The number of aliphatic carboxylic acids is 1. The zero-order chi connectivity index (χ0) is 6.57. The van der Waals surface area contributed by atoms with Crippen molar-refractivity contribution in [1.82, 2.24) is 5.06 Å². The summed E-state index contributed by atoms with van der Waals surface area (Å²) in [7, 11) is 0. The predicted octanol–water partition coefficient (Wildman–Crippen LogP) is -2.31. The van der Waals surface area contributed by atoms with Crippen molar-refractivity contribution in [2.75, 3.05) is 6.54 Å². The molecule has 5 nitrogen and oxygen atoms in total. The van der Waals surface area contributed by atoms with Gasteiger partial charge < -0.3 is 20.2 Å². The molecule has 0 rings (SSSR count). The van der Waals surface area contributed by atoms with Gasteiger partial charge in [-0.05, 0) is 0 Å². The molecule has 0 aliphatic heterocycles. The van der Waals surface area contributed by atoms with Gasteiger partial charge in [0.15, 0.2) is 6.41 Å². The molecule has 1 amide bonds. The SMILES string of the molecule is O=CN([O-])CC(=O)[O-].[Ni+2]. The maximum absolute atomic E-state index is 9.75. The van der Waals surface area contributed by atoms with E-state index in [0.29, 0.717) is 0 Å². The number of hydrogen-bond donors (Lipinski definition) is 0. The topological polar surface area (TPSA) is 83.5 Å². The van der Waals surface area contributed by atoms with Crippen LogP contribution in [-0.4, -0.2) is 24.0 Å². The third kappa shape index (κ3) is 7.39. The maximum atomic E-state index is 9.75. The monoisotopic (exact) mass is 175 g/mol.